The van der Waals surface area contributed by atoms with Gasteiger partial charge < -0.3 is 19.5 Å². The minimum absolute atomic E-state index is 0.372. The number of likely N-dealkylation sites (tertiary alicyclic amines) is 1. The molecule has 1 fully saturated rings. The van der Waals surface area contributed by atoms with Crippen LogP contribution < -0.4 is 5.32 Å². The van der Waals surface area contributed by atoms with Gasteiger partial charge in [-0.3, -0.25) is 10.1 Å². The zero-order valence-electron chi connectivity index (χ0n) is 15.9. The predicted molar refractivity (Wildman–Crippen MR) is 105 cm³/mol. The monoisotopic (exact) mass is 382 g/mol. The molecule has 26 heavy (non-hydrogen) atoms. The minimum atomic E-state index is -0.372. The first-order valence-corrected chi connectivity index (χ1v) is 10.2. The van der Waals surface area contributed by atoms with Crippen LogP contribution in [0.5, 0.6) is 0 Å². The first-order valence-electron chi connectivity index (χ1n) is 9.08. The lowest BCUT2D eigenvalue weighted by Crippen LogP contribution is -2.38. The lowest BCUT2D eigenvalue weighted by Gasteiger charge is -2.32. The maximum atomic E-state index is 10.9. The Morgan fingerprint density at radius 2 is 2.12 bits per heavy atom. The normalized spacial score (nSPS) is 16.3. The van der Waals surface area contributed by atoms with E-state index in [2.05, 4.69) is 22.0 Å². The summed E-state index contributed by atoms with van der Waals surface area (Å²) in [4.78, 5) is 14.7. The number of nitro groups is 1. The largest absolute Gasteiger partial charge is 0.464 e. The number of nitrogens with one attached hydrogen (secondary N) is 1. The molecule has 0 radical (unpaired) electrons. The van der Waals surface area contributed by atoms with E-state index < -0.39 is 0 Å². The van der Waals surface area contributed by atoms with Crippen LogP contribution in [0.1, 0.15) is 31.3 Å². The number of nitrogens with zero attached hydrogens (tertiary/aromatic N) is 3. The fraction of sp³-hybridized carbons (Fsp3) is 0.667. The number of hydrogen-bond acceptors (Lipinski definition) is 7. The molecule has 0 aromatic carbocycles. The Labute approximate surface area is 159 Å². The number of piperidine rings is 1. The average molecular weight is 383 g/mol. The Kier molecular flexibility index (Phi) is 8.31. The summed E-state index contributed by atoms with van der Waals surface area (Å²) >= 11 is 1.76. The van der Waals surface area contributed by atoms with Gasteiger partial charge in [-0.25, -0.2) is 0 Å². The van der Waals surface area contributed by atoms with Crippen LogP contribution >= 0.6 is 11.8 Å². The molecule has 2 rings (SSSR count). The Hall–Kier alpha value is -1.67. The van der Waals surface area contributed by atoms with E-state index in [4.69, 9.17) is 4.42 Å². The Bertz CT molecular complexity index is 595. The third kappa shape index (κ3) is 7.29. The van der Waals surface area contributed by atoms with Crippen LogP contribution in [-0.2, 0) is 12.3 Å². The lowest BCUT2D eigenvalue weighted by atomic mass is 9.99. The van der Waals surface area contributed by atoms with E-state index in [1.54, 1.807) is 11.8 Å². The van der Waals surface area contributed by atoms with Crippen LogP contribution in [0, 0.1) is 16.0 Å². The highest BCUT2D eigenvalue weighted by atomic mass is 32.2. The summed E-state index contributed by atoms with van der Waals surface area (Å²) in [5, 5.41) is 14.2. The number of furan rings is 1. The number of thioether (sulfide) groups is 1. The summed E-state index contributed by atoms with van der Waals surface area (Å²) in [6, 6.07) is 4.04. The van der Waals surface area contributed by atoms with Crippen molar-refractivity contribution in [3.63, 3.8) is 0 Å². The molecule has 8 heteroatoms. The molecule has 0 atom stereocenters. The van der Waals surface area contributed by atoms with E-state index in [1.807, 2.05) is 26.2 Å². The van der Waals surface area contributed by atoms with Gasteiger partial charge in [0, 0.05) is 25.4 Å². The Morgan fingerprint density at radius 3 is 2.77 bits per heavy atom. The van der Waals surface area contributed by atoms with Crippen molar-refractivity contribution in [1.29, 1.82) is 0 Å². The van der Waals surface area contributed by atoms with Crippen molar-refractivity contribution in [3.05, 3.63) is 45.8 Å². The molecule has 7 nitrogen and oxygen atoms in total. The molecular formula is C18H30N4O3S. The summed E-state index contributed by atoms with van der Waals surface area (Å²) in [5.74, 6) is 4.95. The summed E-state index contributed by atoms with van der Waals surface area (Å²) in [7, 11) is 4.03. The van der Waals surface area contributed by atoms with Crippen molar-refractivity contribution >= 4 is 11.8 Å². The van der Waals surface area contributed by atoms with Crippen LogP contribution in [-0.4, -0.2) is 54.2 Å². The standard InChI is InChI=1S/C18H30N4O3S/c1-15-6-9-21(10-7-15)18(13-22(23)24)19-8-11-26-14-17-5-4-16(25-17)12-20(2)3/h4-5,13,15,19H,6-12,14H2,1-3H3. The SMILES string of the molecule is CC1CCN(C(=C[N+](=O)[O-])NCCSCc2ccc(CN(C)C)o2)CC1. The molecule has 1 N–H and O–H groups in total. The molecule has 0 bridgehead atoms. The smallest absolute Gasteiger partial charge is 0.274 e. The fourth-order valence-corrected chi connectivity index (χ4v) is 3.66. The summed E-state index contributed by atoms with van der Waals surface area (Å²) in [6.07, 6.45) is 3.26. The van der Waals surface area contributed by atoms with Gasteiger partial charge in [-0.15, -0.1) is 0 Å². The van der Waals surface area contributed by atoms with Crippen molar-refractivity contribution in [1.82, 2.24) is 15.1 Å². The molecule has 1 aliphatic heterocycles. The van der Waals surface area contributed by atoms with E-state index in [0.717, 1.165) is 61.7 Å². The maximum absolute atomic E-state index is 10.9. The second-order valence-electron chi connectivity index (χ2n) is 7.05. The van der Waals surface area contributed by atoms with Gasteiger partial charge in [-0.05, 0) is 45.0 Å². The summed E-state index contributed by atoms with van der Waals surface area (Å²) in [6.45, 7) is 5.48. The molecule has 2 heterocycles. The van der Waals surface area contributed by atoms with Crippen LogP contribution in [0.4, 0.5) is 0 Å². The molecule has 1 saturated heterocycles. The highest BCUT2D eigenvalue weighted by Gasteiger charge is 2.19. The summed E-state index contributed by atoms with van der Waals surface area (Å²) in [5.41, 5.74) is 0. The molecule has 1 aromatic heterocycles. The molecule has 1 aliphatic rings. The van der Waals surface area contributed by atoms with Gasteiger partial charge >= 0.3 is 0 Å². The van der Waals surface area contributed by atoms with Crippen molar-refractivity contribution in [2.24, 2.45) is 5.92 Å². The molecule has 146 valence electrons. The zero-order chi connectivity index (χ0) is 18.9. The first-order chi connectivity index (χ1) is 12.4. The highest BCUT2D eigenvalue weighted by molar-refractivity contribution is 7.98. The quantitative estimate of drug-likeness (QED) is 0.379. The van der Waals surface area contributed by atoms with E-state index in [0.29, 0.717) is 18.3 Å². The van der Waals surface area contributed by atoms with Crippen molar-refractivity contribution in [2.45, 2.75) is 32.1 Å². The van der Waals surface area contributed by atoms with Gasteiger partial charge in [0.05, 0.1) is 17.2 Å². The lowest BCUT2D eigenvalue weighted by molar-refractivity contribution is -0.404. The minimum Gasteiger partial charge on any atom is -0.464 e. The molecule has 1 aromatic rings. The van der Waals surface area contributed by atoms with Crippen molar-refractivity contribution < 1.29 is 9.34 Å². The zero-order valence-corrected chi connectivity index (χ0v) is 16.8. The van der Waals surface area contributed by atoms with E-state index in [-0.39, 0.29) is 4.92 Å². The van der Waals surface area contributed by atoms with Crippen LogP contribution in [0.25, 0.3) is 0 Å². The topological polar surface area (TPSA) is 74.8 Å². The first kappa shape index (κ1) is 20.6. The second kappa shape index (κ2) is 10.5. The van der Waals surface area contributed by atoms with E-state index >= 15 is 0 Å². The summed E-state index contributed by atoms with van der Waals surface area (Å²) < 4.78 is 5.79. The molecule has 0 unspecified atom stereocenters. The Morgan fingerprint density at radius 1 is 1.42 bits per heavy atom. The molecule has 0 saturated carbocycles. The third-order valence-electron chi connectivity index (χ3n) is 4.34. The predicted octanol–water partition coefficient (Wildman–Crippen LogP) is 2.97. The molecule has 0 aliphatic carbocycles. The van der Waals surface area contributed by atoms with Crippen LogP contribution in [0.3, 0.4) is 0 Å². The van der Waals surface area contributed by atoms with Gasteiger partial charge in [0.15, 0.2) is 5.82 Å². The third-order valence-corrected chi connectivity index (χ3v) is 5.32. The van der Waals surface area contributed by atoms with Crippen molar-refractivity contribution in [2.75, 3.05) is 39.5 Å². The maximum Gasteiger partial charge on any atom is 0.274 e. The average Bonchev–Trinajstić information content (AvgIpc) is 3.00. The van der Waals surface area contributed by atoms with E-state index in [9.17, 15) is 10.1 Å². The number of hydrogen-bond donors (Lipinski definition) is 1. The van der Waals surface area contributed by atoms with Crippen LogP contribution in [0.15, 0.2) is 28.6 Å². The van der Waals surface area contributed by atoms with Gasteiger partial charge in [-0.1, -0.05) is 6.92 Å². The van der Waals surface area contributed by atoms with Gasteiger partial charge in [0.2, 0.25) is 0 Å². The highest BCUT2D eigenvalue weighted by Crippen LogP contribution is 2.19. The second-order valence-corrected chi connectivity index (χ2v) is 8.16. The number of rotatable bonds is 10. The Balaban J connectivity index is 1.72. The molecule has 0 spiro atoms. The van der Waals surface area contributed by atoms with Gasteiger partial charge in [-0.2, -0.15) is 11.8 Å². The van der Waals surface area contributed by atoms with Crippen molar-refractivity contribution in [3.8, 4) is 0 Å². The van der Waals surface area contributed by atoms with Gasteiger partial charge in [0.1, 0.15) is 11.5 Å². The molecule has 0 amide bonds. The van der Waals surface area contributed by atoms with Crippen LogP contribution in [0.2, 0.25) is 0 Å². The van der Waals surface area contributed by atoms with E-state index in [1.165, 1.54) is 0 Å². The fourth-order valence-electron chi connectivity index (χ4n) is 2.91. The molecular weight excluding hydrogens is 352 g/mol. The van der Waals surface area contributed by atoms with Gasteiger partial charge in [0.25, 0.3) is 6.20 Å².